The lowest BCUT2D eigenvalue weighted by atomic mass is 9.44. The summed E-state index contributed by atoms with van der Waals surface area (Å²) in [4.78, 5) is 12.4. The molecule has 4 saturated carbocycles. The van der Waals surface area contributed by atoms with Crippen LogP contribution in [0.4, 0.5) is 0 Å². The van der Waals surface area contributed by atoms with Gasteiger partial charge in [0.15, 0.2) is 0 Å². The number of aliphatic hydroxyl groups excluding tert-OH is 1. The summed E-state index contributed by atoms with van der Waals surface area (Å²) in [7, 11) is 0. The van der Waals surface area contributed by atoms with Crippen molar-refractivity contribution in [2.45, 2.75) is 111 Å². The Bertz CT molecular complexity index is 704. The smallest absolute Gasteiger partial charge is 0.309 e. The number of carbonyl (C=O) groups excluding carboxylic acids is 1. The van der Waals surface area contributed by atoms with Gasteiger partial charge in [-0.25, -0.2) is 0 Å². The van der Waals surface area contributed by atoms with Gasteiger partial charge in [-0.1, -0.05) is 41.0 Å². The van der Waals surface area contributed by atoms with Crippen LogP contribution in [0.1, 0.15) is 98.8 Å². The maximum Gasteiger partial charge on any atom is 0.309 e. The zero-order valence-electron chi connectivity index (χ0n) is 20.6. The van der Waals surface area contributed by atoms with E-state index in [0.29, 0.717) is 29.1 Å². The third-order valence-electron chi connectivity index (χ3n) is 12.1. The predicted molar refractivity (Wildman–Crippen MR) is 123 cm³/mol. The minimum Gasteiger partial charge on any atom is -0.462 e. The number of rotatable bonds is 2. The fraction of sp³-hybridized carbons (Fsp3) is 0.964. The van der Waals surface area contributed by atoms with Gasteiger partial charge in [-0.3, -0.25) is 4.79 Å². The molecule has 1 heterocycles. The summed E-state index contributed by atoms with van der Waals surface area (Å²) in [6.45, 7) is 11.7. The topological polar surface area (TPSA) is 46.5 Å². The first-order valence-electron chi connectivity index (χ1n) is 13.6. The lowest BCUT2D eigenvalue weighted by Crippen LogP contribution is -2.57. The average Bonchev–Trinajstić information content (AvgIpc) is 3.09. The van der Waals surface area contributed by atoms with Crippen molar-refractivity contribution in [3.05, 3.63) is 0 Å². The highest BCUT2D eigenvalue weighted by molar-refractivity contribution is 5.73. The Kier molecular flexibility index (Phi) is 5.55. The Morgan fingerprint density at radius 1 is 1.00 bits per heavy atom. The SMILES string of the molecule is C[C@@H]([C@H]1CC[C@H]2[C@@H]3CC[C@@H]4CCC[C@H](O)[C@]4(C)[C@H]3CC[C@]12C)[C@H]1C[C@@H](C)[C@H](C)C(=O)O1. The fourth-order valence-corrected chi connectivity index (χ4v) is 9.91. The Labute approximate surface area is 190 Å². The van der Waals surface area contributed by atoms with Crippen molar-refractivity contribution in [3.63, 3.8) is 0 Å². The number of cyclic esters (lactones) is 1. The van der Waals surface area contributed by atoms with Crippen LogP contribution in [0.25, 0.3) is 0 Å². The first-order chi connectivity index (χ1) is 14.7. The van der Waals surface area contributed by atoms with Gasteiger partial charge in [-0.15, -0.1) is 0 Å². The van der Waals surface area contributed by atoms with E-state index in [2.05, 4.69) is 27.7 Å². The highest BCUT2D eigenvalue weighted by atomic mass is 16.5. The molecule has 0 aromatic carbocycles. The number of carbonyl (C=O) groups is 1. The second-order valence-corrected chi connectivity index (χ2v) is 13.0. The first-order valence-corrected chi connectivity index (χ1v) is 13.6. The molecule has 0 amide bonds. The van der Waals surface area contributed by atoms with Gasteiger partial charge < -0.3 is 9.84 Å². The van der Waals surface area contributed by atoms with Crippen LogP contribution in [-0.2, 0) is 9.53 Å². The molecule has 0 aromatic rings. The highest BCUT2D eigenvalue weighted by Crippen LogP contribution is 2.68. The molecule has 3 heteroatoms. The molecule has 0 aromatic heterocycles. The summed E-state index contributed by atoms with van der Waals surface area (Å²) in [6, 6.07) is 0. The Morgan fingerprint density at radius 2 is 1.77 bits per heavy atom. The molecule has 5 fully saturated rings. The van der Waals surface area contributed by atoms with E-state index in [4.69, 9.17) is 4.74 Å². The summed E-state index contributed by atoms with van der Waals surface area (Å²) >= 11 is 0. The molecule has 1 N–H and O–H groups in total. The number of fused-ring (bicyclic) bond motifs is 5. The first kappa shape index (κ1) is 22.2. The monoisotopic (exact) mass is 430 g/mol. The highest BCUT2D eigenvalue weighted by Gasteiger charge is 2.62. The zero-order chi connectivity index (χ0) is 22.1. The van der Waals surface area contributed by atoms with Gasteiger partial charge in [0.2, 0.25) is 0 Å². The zero-order valence-corrected chi connectivity index (χ0v) is 20.6. The van der Waals surface area contributed by atoms with E-state index in [0.717, 1.165) is 30.6 Å². The van der Waals surface area contributed by atoms with E-state index in [1.807, 2.05) is 6.92 Å². The molecule has 12 atom stereocenters. The molecule has 5 aliphatic rings. The van der Waals surface area contributed by atoms with Crippen LogP contribution in [0.3, 0.4) is 0 Å². The third-order valence-corrected chi connectivity index (χ3v) is 12.1. The minimum absolute atomic E-state index is 0.0246. The Hall–Kier alpha value is -0.570. The Morgan fingerprint density at radius 3 is 2.52 bits per heavy atom. The van der Waals surface area contributed by atoms with E-state index in [1.54, 1.807) is 0 Å². The maximum atomic E-state index is 12.4. The number of aliphatic hydroxyl groups is 1. The molecule has 0 radical (unpaired) electrons. The standard InChI is InChI=1S/C28H46O3/c1-16-15-24(31-26(30)17(16)2)18(3)21-11-12-22-20-10-9-19-7-6-8-25(29)28(19,5)23(20)13-14-27(21,22)4/h16-25,29H,6-15H2,1-5H3/t16-,17+,18+,19+,20+,21-,22+,23+,24-,25+,27-,28+/m1/s1. The van der Waals surface area contributed by atoms with Crippen molar-refractivity contribution >= 4 is 5.97 Å². The number of ether oxygens (including phenoxy) is 1. The van der Waals surface area contributed by atoms with Crippen molar-refractivity contribution in [2.24, 2.45) is 58.2 Å². The van der Waals surface area contributed by atoms with Crippen molar-refractivity contribution < 1.29 is 14.6 Å². The predicted octanol–water partition coefficient (Wildman–Crippen LogP) is 6.23. The van der Waals surface area contributed by atoms with E-state index in [9.17, 15) is 9.90 Å². The number of hydrogen-bond donors (Lipinski definition) is 1. The second kappa shape index (κ2) is 7.74. The molecule has 31 heavy (non-hydrogen) atoms. The molecule has 176 valence electrons. The van der Waals surface area contributed by atoms with Crippen LogP contribution in [-0.4, -0.2) is 23.3 Å². The molecular weight excluding hydrogens is 384 g/mol. The van der Waals surface area contributed by atoms with Crippen molar-refractivity contribution in [1.82, 2.24) is 0 Å². The average molecular weight is 431 g/mol. The number of hydrogen-bond acceptors (Lipinski definition) is 3. The van der Waals surface area contributed by atoms with Crippen LogP contribution < -0.4 is 0 Å². The summed E-state index contributed by atoms with van der Waals surface area (Å²) in [6.07, 6.45) is 12.6. The van der Waals surface area contributed by atoms with Crippen LogP contribution >= 0.6 is 0 Å². The van der Waals surface area contributed by atoms with E-state index in [1.165, 1.54) is 51.4 Å². The second-order valence-electron chi connectivity index (χ2n) is 13.0. The molecule has 0 spiro atoms. The van der Waals surface area contributed by atoms with Crippen LogP contribution in [0.5, 0.6) is 0 Å². The molecule has 1 aliphatic heterocycles. The summed E-state index contributed by atoms with van der Waals surface area (Å²) in [5, 5.41) is 11.1. The number of esters is 1. The summed E-state index contributed by atoms with van der Waals surface area (Å²) in [5.74, 6) is 4.65. The fourth-order valence-electron chi connectivity index (χ4n) is 9.91. The van der Waals surface area contributed by atoms with E-state index in [-0.39, 0.29) is 29.5 Å². The molecule has 4 aliphatic carbocycles. The molecule has 1 saturated heterocycles. The van der Waals surface area contributed by atoms with Gasteiger partial charge >= 0.3 is 5.97 Å². The largest absolute Gasteiger partial charge is 0.462 e. The summed E-state index contributed by atoms with van der Waals surface area (Å²) in [5.41, 5.74) is 0.527. The Balaban J connectivity index is 1.36. The third kappa shape index (κ3) is 3.18. The molecule has 0 bridgehead atoms. The van der Waals surface area contributed by atoms with Gasteiger partial charge in [-0.05, 0) is 110 Å². The lowest BCUT2D eigenvalue weighted by molar-refractivity contribution is -0.176. The molecule has 0 unspecified atom stereocenters. The van der Waals surface area contributed by atoms with Gasteiger partial charge in [0, 0.05) is 0 Å². The van der Waals surface area contributed by atoms with E-state index < -0.39 is 0 Å². The van der Waals surface area contributed by atoms with Gasteiger partial charge in [0.25, 0.3) is 0 Å². The molecular formula is C28H46O3. The van der Waals surface area contributed by atoms with Crippen LogP contribution in [0.15, 0.2) is 0 Å². The van der Waals surface area contributed by atoms with Crippen LogP contribution in [0, 0.1) is 58.2 Å². The normalized spacial score (nSPS) is 55.5. The quantitative estimate of drug-likeness (QED) is 0.528. The van der Waals surface area contributed by atoms with Crippen LogP contribution in [0.2, 0.25) is 0 Å². The lowest BCUT2D eigenvalue weighted by Gasteiger charge is -2.62. The van der Waals surface area contributed by atoms with Crippen molar-refractivity contribution in [2.75, 3.05) is 0 Å². The van der Waals surface area contributed by atoms with Gasteiger partial charge in [0.05, 0.1) is 12.0 Å². The van der Waals surface area contributed by atoms with Crippen molar-refractivity contribution in [3.8, 4) is 0 Å². The van der Waals surface area contributed by atoms with E-state index >= 15 is 0 Å². The molecule has 5 rings (SSSR count). The van der Waals surface area contributed by atoms with Gasteiger partial charge in [-0.2, -0.15) is 0 Å². The minimum atomic E-state index is -0.0929. The maximum absolute atomic E-state index is 12.4. The summed E-state index contributed by atoms with van der Waals surface area (Å²) < 4.78 is 6.00. The van der Waals surface area contributed by atoms with Gasteiger partial charge in [0.1, 0.15) is 6.10 Å². The van der Waals surface area contributed by atoms with Crippen molar-refractivity contribution in [1.29, 1.82) is 0 Å². The molecule has 3 nitrogen and oxygen atoms in total.